The molecule has 1 fully saturated rings. The van der Waals surface area contributed by atoms with Crippen molar-refractivity contribution in [1.82, 2.24) is 9.97 Å². The molecule has 82 valence electrons. The molecule has 2 rings (SSSR count). The summed E-state index contributed by atoms with van der Waals surface area (Å²) in [6, 6.07) is 0. The summed E-state index contributed by atoms with van der Waals surface area (Å²) in [5.74, 6) is 0.803. The second-order valence-electron chi connectivity index (χ2n) is 3.86. The van der Waals surface area contributed by atoms with Crippen molar-refractivity contribution >= 4 is 28.5 Å². The molecule has 1 aromatic rings. The normalized spacial score (nSPS) is 26.7. The summed E-state index contributed by atoms with van der Waals surface area (Å²) in [7, 11) is 0. The van der Waals surface area contributed by atoms with Crippen molar-refractivity contribution < 1.29 is 4.74 Å². The Balaban J connectivity index is 2.12. The van der Waals surface area contributed by atoms with E-state index >= 15 is 0 Å². The van der Waals surface area contributed by atoms with Gasteiger partial charge in [-0.3, -0.25) is 0 Å². The Morgan fingerprint density at radius 2 is 1.80 bits per heavy atom. The predicted molar refractivity (Wildman–Crippen MR) is 67.0 cm³/mol. The van der Waals surface area contributed by atoms with Crippen LogP contribution in [0.3, 0.4) is 0 Å². The number of morpholine rings is 1. The Labute approximate surface area is 103 Å². The largest absolute Gasteiger partial charge is 0.372 e. The number of ether oxygens (including phenoxy) is 1. The Morgan fingerprint density at radius 3 is 2.33 bits per heavy atom. The quantitative estimate of drug-likeness (QED) is 0.739. The smallest absolute Gasteiger partial charge is 0.225 e. The van der Waals surface area contributed by atoms with Gasteiger partial charge in [0.15, 0.2) is 0 Å². The third kappa shape index (κ3) is 2.78. The van der Waals surface area contributed by atoms with Gasteiger partial charge < -0.3 is 9.64 Å². The predicted octanol–water partition coefficient (Wildman–Crippen LogP) is 1.69. The summed E-state index contributed by atoms with van der Waals surface area (Å²) >= 11 is 2.21. The van der Waals surface area contributed by atoms with E-state index in [1.807, 2.05) is 12.4 Å². The molecule has 0 saturated carbocycles. The third-order valence-electron chi connectivity index (χ3n) is 2.31. The zero-order chi connectivity index (χ0) is 10.8. The van der Waals surface area contributed by atoms with Crippen LogP contribution in [0, 0.1) is 3.57 Å². The van der Waals surface area contributed by atoms with Gasteiger partial charge in [-0.2, -0.15) is 0 Å². The van der Waals surface area contributed by atoms with Crippen LogP contribution in [-0.2, 0) is 4.74 Å². The molecular weight excluding hydrogens is 305 g/mol. The Hall–Kier alpha value is -0.430. The van der Waals surface area contributed by atoms with Crippen molar-refractivity contribution in [3.05, 3.63) is 16.0 Å². The van der Waals surface area contributed by atoms with Gasteiger partial charge in [0.1, 0.15) is 0 Å². The number of nitrogens with zero attached hydrogens (tertiary/aromatic N) is 3. The number of hydrogen-bond donors (Lipinski definition) is 0. The van der Waals surface area contributed by atoms with Gasteiger partial charge in [-0.1, -0.05) is 0 Å². The first-order valence-corrected chi connectivity index (χ1v) is 6.11. The fraction of sp³-hybridized carbons (Fsp3) is 0.600. The molecule has 1 aliphatic heterocycles. The number of halogens is 1. The van der Waals surface area contributed by atoms with E-state index in [2.05, 4.69) is 51.3 Å². The SMILES string of the molecule is CC1CN(c2ncc(I)cn2)CC(C)O1. The number of rotatable bonds is 1. The van der Waals surface area contributed by atoms with Crippen LogP contribution in [0.2, 0.25) is 0 Å². The monoisotopic (exact) mass is 319 g/mol. The van der Waals surface area contributed by atoms with Gasteiger partial charge in [0.05, 0.1) is 12.2 Å². The summed E-state index contributed by atoms with van der Waals surface area (Å²) in [6.45, 7) is 5.89. The number of hydrogen-bond acceptors (Lipinski definition) is 4. The highest BCUT2D eigenvalue weighted by Gasteiger charge is 2.23. The summed E-state index contributed by atoms with van der Waals surface area (Å²) in [5.41, 5.74) is 0. The van der Waals surface area contributed by atoms with Crippen molar-refractivity contribution in [1.29, 1.82) is 0 Å². The Bertz CT molecular complexity index is 320. The van der Waals surface area contributed by atoms with E-state index in [1.165, 1.54) is 0 Å². The first kappa shape index (κ1) is 11.1. The van der Waals surface area contributed by atoms with E-state index in [-0.39, 0.29) is 12.2 Å². The minimum atomic E-state index is 0.247. The average Bonchev–Trinajstić information content (AvgIpc) is 2.17. The van der Waals surface area contributed by atoms with Crippen molar-refractivity contribution in [3.8, 4) is 0 Å². The van der Waals surface area contributed by atoms with Gasteiger partial charge in [-0.15, -0.1) is 0 Å². The van der Waals surface area contributed by atoms with Crippen LogP contribution >= 0.6 is 22.6 Å². The van der Waals surface area contributed by atoms with Gasteiger partial charge in [-0.25, -0.2) is 9.97 Å². The standard InChI is InChI=1S/C10H14IN3O/c1-7-5-14(6-8(2)15-7)10-12-3-9(11)4-13-10/h3-4,7-8H,5-6H2,1-2H3. The Kier molecular flexibility index (Phi) is 3.40. The van der Waals surface area contributed by atoms with Crippen LogP contribution in [0.5, 0.6) is 0 Å². The fourth-order valence-electron chi connectivity index (χ4n) is 1.81. The second kappa shape index (κ2) is 4.61. The second-order valence-corrected chi connectivity index (χ2v) is 5.11. The summed E-state index contributed by atoms with van der Waals surface area (Å²) in [5, 5.41) is 0. The third-order valence-corrected chi connectivity index (χ3v) is 2.87. The number of aromatic nitrogens is 2. The molecule has 1 aromatic heterocycles. The molecule has 0 bridgehead atoms. The lowest BCUT2D eigenvalue weighted by Crippen LogP contribution is -2.46. The summed E-state index contributed by atoms with van der Waals surface area (Å²) < 4.78 is 6.72. The Morgan fingerprint density at radius 1 is 1.27 bits per heavy atom. The van der Waals surface area contributed by atoms with Gasteiger partial charge in [0.2, 0.25) is 5.95 Å². The van der Waals surface area contributed by atoms with Crippen LogP contribution in [0.15, 0.2) is 12.4 Å². The summed E-state index contributed by atoms with van der Waals surface area (Å²) in [6.07, 6.45) is 4.18. The molecule has 0 aromatic carbocycles. The lowest BCUT2D eigenvalue weighted by atomic mass is 10.2. The molecule has 4 nitrogen and oxygen atoms in total. The zero-order valence-corrected chi connectivity index (χ0v) is 11.0. The molecule has 0 spiro atoms. The van der Waals surface area contributed by atoms with Crippen molar-refractivity contribution in [2.24, 2.45) is 0 Å². The maximum absolute atomic E-state index is 5.66. The van der Waals surface area contributed by atoms with Crippen molar-refractivity contribution in [2.75, 3.05) is 18.0 Å². The van der Waals surface area contributed by atoms with Gasteiger partial charge in [0, 0.05) is 29.1 Å². The van der Waals surface area contributed by atoms with Gasteiger partial charge in [0.25, 0.3) is 0 Å². The van der Waals surface area contributed by atoms with Crippen LogP contribution in [-0.4, -0.2) is 35.3 Å². The minimum Gasteiger partial charge on any atom is -0.372 e. The highest BCUT2D eigenvalue weighted by molar-refractivity contribution is 14.1. The van der Waals surface area contributed by atoms with E-state index in [0.29, 0.717) is 0 Å². The van der Waals surface area contributed by atoms with E-state index in [9.17, 15) is 0 Å². The maximum atomic E-state index is 5.66. The molecule has 1 saturated heterocycles. The van der Waals surface area contributed by atoms with E-state index in [4.69, 9.17) is 4.74 Å². The molecule has 0 aliphatic carbocycles. The maximum Gasteiger partial charge on any atom is 0.225 e. The lowest BCUT2D eigenvalue weighted by Gasteiger charge is -2.35. The number of anilines is 1. The van der Waals surface area contributed by atoms with Gasteiger partial charge >= 0.3 is 0 Å². The molecule has 1 aliphatic rings. The molecule has 0 amide bonds. The fourth-order valence-corrected chi connectivity index (χ4v) is 2.09. The minimum absolute atomic E-state index is 0.247. The molecule has 2 unspecified atom stereocenters. The molecule has 15 heavy (non-hydrogen) atoms. The van der Waals surface area contributed by atoms with E-state index < -0.39 is 0 Å². The zero-order valence-electron chi connectivity index (χ0n) is 8.85. The van der Waals surface area contributed by atoms with Crippen LogP contribution in [0.25, 0.3) is 0 Å². The lowest BCUT2D eigenvalue weighted by molar-refractivity contribution is -0.00572. The van der Waals surface area contributed by atoms with Gasteiger partial charge in [-0.05, 0) is 36.4 Å². The average molecular weight is 319 g/mol. The first-order valence-electron chi connectivity index (χ1n) is 5.03. The van der Waals surface area contributed by atoms with E-state index in [1.54, 1.807) is 0 Å². The highest BCUT2D eigenvalue weighted by Crippen LogP contribution is 2.16. The summed E-state index contributed by atoms with van der Waals surface area (Å²) in [4.78, 5) is 10.8. The molecule has 2 atom stereocenters. The van der Waals surface area contributed by atoms with Crippen molar-refractivity contribution in [3.63, 3.8) is 0 Å². The van der Waals surface area contributed by atoms with Crippen LogP contribution in [0.1, 0.15) is 13.8 Å². The van der Waals surface area contributed by atoms with E-state index in [0.717, 1.165) is 22.6 Å². The van der Waals surface area contributed by atoms with Crippen LogP contribution in [0.4, 0.5) is 5.95 Å². The molecule has 0 N–H and O–H groups in total. The van der Waals surface area contributed by atoms with Crippen molar-refractivity contribution in [2.45, 2.75) is 26.1 Å². The van der Waals surface area contributed by atoms with Crippen LogP contribution < -0.4 is 4.90 Å². The molecular formula is C10H14IN3O. The molecule has 0 radical (unpaired) electrons. The first-order chi connectivity index (χ1) is 7.15. The molecule has 2 heterocycles. The molecule has 5 heteroatoms. The highest BCUT2D eigenvalue weighted by atomic mass is 127. The topological polar surface area (TPSA) is 38.2 Å².